The van der Waals surface area contributed by atoms with Crippen LogP contribution in [-0.2, 0) is 6.54 Å². The summed E-state index contributed by atoms with van der Waals surface area (Å²) in [5.74, 6) is 0.710. The van der Waals surface area contributed by atoms with Gasteiger partial charge in [0.1, 0.15) is 5.69 Å². The molecule has 2 N–H and O–H groups in total. The van der Waals surface area contributed by atoms with Crippen LogP contribution in [0.15, 0.2) is 24.4 Å². The molecular weight excluding hydrogens is 262 g/mol. The minimum Gasteiger partial charge on any atom is -0.493 e. The van der Waals surface area contributed by atoms with Crippen molar-refractivity contribution >= 4 is 11.6 Å². The molecule has 1 atom stereocenters. The molecule has 0 aliphatic carbocycles. The maximum absolute atomic E-state index is 6.35. The van der Waals surface area contributed by atoms with E-state index in [0.717, 1.165) is 28.4 Å². The van der Waals surface area contributed by atoms with Gasteiger partial charge < -0.3 is 10.5 Å². The number of hydrogen-bond donors (Lipinski definition) is 1. The quantitative estimate of drug-likeness (QED) is 0.936. The second-order valence-corrected chi connectivity index (χ2v) is 4.81. The van der Waals surface area contributed by atoms with Crippen LogP contribution in [-0.4, -0.2) is 16.9 Å². The molecule has 1 heterocycles. The number of aryl methyl sites for hydroxylation is 2. The van der Waals surface area contributed by atoms with Crippen molar-refractivity contribution in [1.82, 2.24) is 9.78 Å². The zero-order valence-electron chi connectivity index (χ0n) is 11.4. The standard InChI is InChI=1S/C14H18ClN3O/c1-4-18-14(12(19-3)8-17-18)13(16)10-5-6-11(15)9(2)7-10/h5-8,13H,4,16H2,1-3H3. The molecule has 0 bridgehead atoms. The van der Waals surface area contributed by atoms with Gasteiger partial charge in [-0.3, -0.25) is 4.68 Å². The van der Waals surface area contributed by atoms with Gasteiger partial charge in [-0.05, 0) is 31.0 Å². The van der Waals surface area contributed by atoms with Gasteiger partial charge >= 0.3 is 0 Å². The van der Waals surface area contributed by atoms with Gasteiger partial charge in [0.15, 0.2) is 5.75 Å². The van der Waals surface area contributed by atoms with E-state index in [2.05, 4.69) is 5.10 Å². The first-order chi connectivity index (χ1) is 9.08. The molecule has 0 saturated heterocycles. The molecule has 0 saturated carbocycles. The fourth-order valence-corrected chi connectivity index (χ4v) is 2.24. The average Bonchev–Trinajstić information content (AvgIpc) is 2.83. The summed E-state index contributed by atoms with van der Waals surface area (Å²) < 4.78 is 7.19. The van der Waals surface area contributed by atoms with E-state index in [9.17, 15) is 0 Å². The van der Waals surface area contributed by atoms with Gasteiger partial charge in [-0.15, -0.1) is 0 Å². The number of benzene rings is 1. The molecule has 5 heteroatoms. The van der Waals surface area contributed by atoms with Crippen molar-refractivity contribution in [3.63, 3.8) is 0 Å². The smallest absolute Gasteiger partial charge is 0.161 e. The molecule has 4 nitrogen and oxygen atoms in total. The Bertz CT molecular complexity index is 559. The van der Waals surface area contributed by atoms with Crippen LogP contribution in [0.2, 0.25) is 5.02 Å². The van der Waals surface area contributed by atoms with Crippen molar-refractivity contribution < 1.29 is 4.74 Å². The Balaban J connectivity index is 2.45. The molecule has 0 spiro atoms. The first-order valence-corrected chi connectivity index (χ1v) is 6.57. The number of nitrogens with zero attached hydrogens (tertiary/aromatic N) is 2. The maximum Gasteiger partial charge on any atom is 0.161 e. The third-order valence-corrected chi connectivity index (χ3v) is 3.62. The number of hydrogen-bond acceptors (Lipinski definition) is 3. The van der Waals surface area contributed by atoms with Crippen LogP contribution in [0.25, 0.3) is 0 Å². The van der Waals surface area contributed by atoms with Gasteiger partial charge in [0.25, 0.3) is 0 Å². The third kappa shape index (κ3) is 2.60. The van der Waals surface area contributed by atoms with Crippen LogP contribution in [0.5, 0.6) is 5.75 Å². The topological polar surface area (TPSA) is 53.1 Å². The third-order valence-electron chi connectivity index (χ3n) is 3.20. The summed E-state index contributed by atoms with van der Waals surface area (Å²) in [4.78, 5) is 0. The lowest BCUT2D eigenvalue weighted by Gasteiger charge is -2.16. The summed E-state index contributed by atoms with van der Waals surface area (Å²) in [5, 5.41) is 5.02. The van der Waals surface area contributed by atoms with Gasteiger partial charge in [-0.25, -0.2) is 0 Å². The van der Waals surface area contributed by atoms with Crippen molar-refractivity contribution in [3.8, 4) is 5.75 Å². The predicted octanol–water partition coefficient (Wildman–Crippen LogP) is 2.92. The minimum absolute atomic E-state index is 0.284. The Labute approximate surface area is 118 Å². The van der Waals surface area contributed by atoms with Gasteiger partial charge in [-0.1, -0.05) is 23.7 Å². The van der Waals surface area contributed by atoms with Crippen molar-refractivity contribution in [3.05, 3.63) is 46.2 Å². The van der Waals surface area contributed by atoms with E-state index in [0.29, 0.717) is 5.75 Å². The Hall–Kier alpha value is -1.52. The predicted molar refractivity (Wildman–Crippen MR) is 76.7 cm³/mol. The van der Waals surface area contributed by atoms with Gasteiger partial charge in [0, 0.05) is 11.6 Å². The van der Waals surface area contributed by atoms with Gasteiger partial charge in [-0.2, -0.15) is 5.10 Å². The summed E-state index contributed by atoms with van der Waals surface area (Å²) in [7, 11) is 1.63. The van der Waals surface area contributed by atoms with E-state index >= 15 is 0 Å². The van der Waals surface area contributed by atoms with Gasteiger partial charge in [0.2, 0.25) is 0 Å². The maximum atomic E-state index is 6.35. The zero-order chi connectivity index (χ0) is 14.0. The van der Waals surface area contributed by atoms with Crippen molar-refractivity contribution in [2.24, 2.45) is 5.73 Å². The molecule has 1 aromatic carbocycles. The van der Waals surface area contributed by atoms with Gasteiger partial charge in [0.05, 0.1) is 19.3 Å². The normalized spacial score (nSPS) is 12.5. The average molecular weight is 280 g/mol. The Kier molecular flexibility index (Phi) is 4.12. The second-order valence-electron chi connectivity index (χ2n) is 4.40. The second kappa shape index (κ2) is 5.63. The first-order valence-electron chi connectivity index (χ1n) is 6.19. The molecule has 0 fully saturated rings. The number of ether oxygens (including phenoxy) is 1. The molecule has 19 heavy (non-hydrogen) atoms. The highest BCUT2D eigenvalue weighted by Gasteiger charge is 2.20. The van der Waals surface area contributed by atoms with Crippen molar-refractivity contribution in [2.75, 3.05) is 7.11 Å². The molecule has 0 radical (unpaired) electrons. The van der Waals surface area contributed by atoms with Crippen LogP contribution in [0.4, 0.5) is 0 Å². The highest BCUT2D eigenvalue weighted by atomic mass is 35.5. The van der Waals surface area contributed by atoms with Crippen LogP contribution in [0, 0.1) is 6.92 Å². The summed E-state index contributed by atoms with van der Waals surface area (Å²) in [6.45, 7) is 4.74. The van der Waals surface area contributed by atoms with E-state index in [-0.39, 0.29) is 6.04 Å². The fraction of sp³-hybridized carbons (Fsp3) is 0.357. The number of nitrogens with two attached hydrogens (primary N) is 1. The summed E-state index contributed by atoms with van der Waals surface area (Å²) >= 11 is 6.04. The largest absolute Gasteiger partial charge is 0.493 e. The van der Waals surface area contributed by atoms with Crippen LogP contribution in [0.1, 0.15) is 29.8 Å². The van der Waals surface area contributed by atoms with Crippen molar-refractivity contribution in [2.45, 2.75) is 26.4 Å². The highest BCUT2D eigenvalue weighted by Crippen LogP contribution is 2.29. The molecule has 102 valence electrons. The first kappa shape index (κ1) is 13.9. The summed E-state index contributed by atoms with van der Waals surface area (Å²) in [6, 6.07) is 5.52. The minimum atomic E-state index is -0.284. The lowest BCUT2D eigenvalue weighted by atomic mass is 10.0. The molecule has 0 aliphatic rings. The Morgan fingerprint density at radius 2 is 2.21 bits per heavy atom. The van der Waals surface area contributed by atoms with Crippen LogP contribution in [0.3, 0.4) is 0 Å². The monoisotopic (exact) mass is 279 g/mol. The molecule has 0 aliphatic heterocycles. The molecule has 1 aromatic heterocycles. The zero-order valence-corrected chi connectivity index (χ0v) is 12.1. The van der Waals surface area contributed by atoms with Crippen molar-refractivity contribution in [1.29, 1.82) is 0 Å². The van der Waals surface area contributed by atoms with E-state index in [1.54, 1.807) is 13.3 Å². The molecule has 2 rings (SSSR count). The van der Waals surface area contributed by atoms with E-state index < -0.39 is 0 Å². The number of rotatable bonds is 4. The molecule has 1 unspecified atom stereocenters. The number of aromatic nitrogens is 2. The van der Waals surface area contributed by atoms with E-state index in [1.165, 1.54) is 0 Å². The lowest BCUT2D eigenvalue weighted by molar-refractivity contribution is 0.404. The van der Waals surface area contributed by atoms with E-state index in [1.807, 2.05) is 36.7 Å². The molecule has 2 aromatic rings. The number of methoxy groups -OCH3 is 1. The van der Waals surface area contributed by atoms with Crippen LogP contribution >= 0.6 is 11.6 Å². The highest BCUT2D eigenvalue weighted by molar-refractivity contribution is 6.31. The molecular formula is C14H18ClN3O. The lowest BCUT2D eigenvalue weighted by Crippen LogP contribution is -2.18. The summed E-state index contributed by atoms with van der Waals surface area (Å²) in [5.41, 5.74) is 9.24. The number of halogens is 1. The SMILES string of the molecule is CCn1ncc(OC)c1C(N)c1ccc(Cl)c(C)c1. The van der Waals surface area contributed by atoms with Crippen LogP contribution < -0.4 is 10.5 Å². The summed E-state index contributed by atoms with van der Waals surface area (Å²) in [6.07, 6.45) is 1.70. The van der Waals surface area contributed by atoms with E-state index in [4.69, 9.17) is 22.1 Å². The Morgan fingerprint density at radius 3 is 2.79 bits per heavy atom. The fourth-order valence-electron chi connectivity index (χ4n) is 2.12. The Morgan fingerprint density at radius 1 is 1.47 bits per heavy atom. The molecule has 0 amide bonds.